The van der Waals surface area contributed by atoms with Gasteiger partial charge >= 0.3 is 0 Å². The van der Waals surface area contributed by atoms with Crippen LogP contribution < -0.4 is 0 Å². The molecule has 39 heavy (non-hydrogen) atoms. The van der Waals surface area contributed by atoms with E-state index in [0.29, 0.717) is 0 Å². The van der Waals surface area contributed by atoms with Gasteiger partial charge in [0.1, 0.15) is 0 Å². The van der Waals surface area contributed by atoms with Crippen molar-refractivity contribution in [2.45, 2.75) is 150 Å². The highest BCUT2D eigenvalue weighted by molar-refractivity contribution is 5.63. The standard InChI is InChI=1S/C12H20.C11H14.C8H18.C4H8.2C2H6/c1-7-11(6)12(10(4)5)8-9(2)3;1-4-10(3)11-7-5-9(2)6-8-11;1-4-6-7-8(3)5-2;1-4(2)3;2*1-2/h8H,6-7H2,1-5H3;4-8H,1-3H3;8H,4-7H2,1-3H3;1H2,2-3H3;2*1-2H3/b;10-4+;;;;. The number of hydrogen-bond donors (Lipinski definition) is 0. The molecule has 1 atom stereocenters. The molecule has 1 aromatic carbocycles. The first-order chi connectivity index (χ1) is 18.3. The van der Waals surface area contributed by atoms with Crippen molar-refractivity contribution in [2.75, 3.05) is 0 Å². The van der Waals surface area contributed by atoms with Crippen LogP contribution in [-0.4, -0.2) is 0 Å². The highest BCUT2D eigenvalue weighted by Crippen LogP contribution is 2.19. The summed E-state index contributed by atoms with van der Waals surface area (Å²) in [5, 5.41) is 0. The van der Waals surface area contributed by atoms with E-state index >= 15 is 0 Å². The van der Waals surface area contributed by atoms with E-state index in [1.807, 2.05) is 41.5 Å². The molecule has 1 unspecified atom stereocenters. The van der Waals surface area contributed by atoms with Crippen LogP contribution in [-0.2, 0) is 0 Å². The highest BCUT2D eigenvalue weighted by Gasteiger charge is 1.99. The van der Waals surface area contributed by atoms with E-state index in [1.54, 1.807) is 0 Å². The summed E-state index contributed by atoms with van der Waals surface area (Å²) in [6, 6.07) is 8.60. The second-order valence-electron chi connectivity index (χ2n) is 10.3. The Morgan fingerprint density at radius 2 is 1.26 bits per heavy atom. The van der Waals surface area contributed by atoms with Gasteiger partial charge in [-0.25, -0.2) is 0 Å². The summed E-state index contributed by atoms with van der Waals surface area (Å²) in [5.74, 6) is 0.954. The molecule has 0 saturated heterocycles. The summed E-state index contributed by atoms with van der Waals surface area (Å²) in [5.41, 5.74) is 10.4. The summed E-state index contributed by atoms with van der Waals surface area (Å²) < 4.78 is 0. The van der Waals surface area contributed by atoms with Crippen molar-refractivity contribution in [2.24, 2.45) is 5.92 Å². The van der Waals surface area contributed by atoms with Crippen LogP contribution in [0.15, 0.2) is 77.4 Å². The molecule has 0 saturated carbocycles. The van der Waals surface area contributed by atoms with Gasteiger partial charge in [0.2, 0.25) is 0 Å². The third-order valence-corrected chi connectivity index (χ3v) is 5.47. The van der Waals surface area contributed by atoms with Crippen molar-refractivity contribution in [3.05, 3.63) is 88.6 Å². The van der Waals surface area contributed by atoms with Crippen LogP contribution in [0.25, 0.3) is 5.57 Å². The number of unbranched alkanes of at least 4 members (excludes halogenated alkanes) is 1. The smallest absolute Gasteiger partial charge is 0.0230 e. The quantitative estimate of drug-likeness (QED) is 0.227. The zero-order chi connectivity index (χ0) is 32.0. The Hall–Kier alpha value is -2.08. The highest BCUT2D eigenvalue weighted by atomic mass is 14.0. The Labute approximate surface area is 249 Å². The third kappa shape index (κ3) is 35.9. The van der Waals surface area contributed by atoms with E-state index in [-0.39, 0.29) is 0 Å². The van der Waals surface area contributed by atoms with E-state index in [9.17, 15) is 0 Å². The fourth-order valence-corrected chi connectivity index (χ4v) is 2.82. The monoisotopic (exact) mass is 541 g/mol. The maximum atomic E-state index is 4.05. The molecule has 0 aliphatic heterocycles. The van der Waals surface area contributed by atoms with Crippen LogP contribution in [0.1, 0.15) is 154 Å². The average Bonchev–Trinajstić information content (AvgIpc) is 2.92. The number of benzene rings is 1. The molecule has 0 amide bonds. The minimum atomic E-state index is 0.954. The van der Waals surface area contributed by atoms with Gasteiger partial charge in [0.25, 0.3) is 0 Å². The number of aryl methyl sites for hydroxylation is 1. The maximum Gasteiger partial charge on any atom is -0.0230 e. The number of allylic oxidation sites excluding steroid dienone is 8. The second kappa shape index (κ2) is 33.9. The second-order valence-corrected chi connectivity index (χ2v) is 10.3. The molecule has 0 bridgehead atoms. The molecule has 1 rings (SSSR count). The summed E-state index contributed by atoms with van der Waals surface area (Å²) >= 11 is 0. The van der Waals surface area contributed by atoms with Crippen molar-refractivity contribution in [3.63, 3.8) is 0 Å². The van der Waals surface area contributed by atoms with Crippen LogP contribution in [0.4, 0.5) is 0 Å². The lowest BCUT2D eigenvalue weighted by atomic mass is 9.99. The van der Waals surface area contributed by atoms with Crippen LogP contribution in [0.2, 0.25) is 0 Å². The Kier molecular flexibility index (Phi) is 40.7. The normalized spacial score (nSPS) is 9.92. The van der Waals surface area contributed by atoms with Gasteiger partial charge in [-0.05, 0) is 96.9 Å². The first-order valence-corrected chi connectivity index (χ1v) is 15.6. The van der Waals surface area contributed by atoms with Gasteiger partial charge in [0.05, 0.1) is 0 Å². The van der Waals surface area contributed by atoms with E-state index in [4.69, 9.17) is 0 Å². The molecule has 228 valence electrons. The van der Waals surface area contributed by atoms with Gasteiger partial charge in [-0.3, -0.25) is 0 Å². The van der Waals surface area contributed by atoms with E-state index in [1.165, 1.54) is 70.2 Å². The summed E-state index contributed by atoms with van der Waals surface area (Å²) in [6.45, 7) is 43.3. The number of rotatable bonds is 8. The minimum Gasteiger partial charge on any atom is -0.100 e. The first-order valence-electron chi connectivity index (χ1n) is 15.6. The van der Waals surface area contributed by atoms with Crippen LogP contribution >= 0.6 is 0 Å². The summed E-state index contributed by atoms with van der Waals surface area (Å²) in [7, 11) is 0. The Balaban J connectivity index is -0.000000132. The SMILES string of the molecule is C/C=C(\C)c1ccc(C)cc1.C=C(C)C.C=C(CC)C(C=C(C)C)=C(C)C.CC.CC.CCCCC(C)CC. The van der Waals surface area contributed by atoms with Crippen molar-refractivity contribution < 1.29 is 0 Å². The Bertz CT molecular complexity index is 766. The molecule has 0 spiro atoms. The Morgan fingerprint density at radius 3 is 1.54 bits per heavy atom. The molecule has 0 fully saturated rings. The molecule has 0 N–H and O–H groups in total. The first kappa shape index (κ1) is 46.8. The van der Waals surface area contributed by atoms with E-state index in [2.05, 4.69) is 126 Å². The predicted molar refractivity (Wildman–Crippen MR) is 190 cm³/mol. The lowest BCUT2D eigenvalue weighted by Gasteiger charge is -2.07. The summed E-state index contributed by atoms with van der Waals surface area (Å²) in [6.07, 6.45) is 10.9. The minimum absolute atomic E-state index is 0.954. The topological polar surface area (TPSA) is 0 Å². The molecule has 0 aliphatic rings. The van der Waals surface area contributed by atoms with Crippen molar-refractivity contribution in [1.29, 1.82) is 0 Å². The van der Waals surface area contributed by atoms with Gasteiger partial charge in [-0.15, -0.1) is 6.58 Å². The maximum absolute atomic E-state index is 4.05. The third-order valence-electron chi connectivity index (χ3n) is 5.47. The largest absolute Gasteiger partial charge is 0.100 e. The molecular formula is C39H72. The molecular weight excluding hydrogens is 468 g/mol. The van der Waals surface area contributed by atoms with Crippen molar-refractivity contribution >= 4 is 5.57 Å². The zero-order valence-electron chi connectivity index (χ0n) is 30.0. The summed E-state index contributed by atoms with van der Waals surface area (Å²) in [4.78, 5) is 0. The Morgan fingerprint density at radius 1 is 0.821 bits per heavy atom. The molecule has 0 aliphatic carbocycles. The lowest BCUT2D eigenvalue weighted by Crippen LogP contribution is -1.89. The van der Waals surface area contributed by atoms with Crippen LogP contribution in [0.3, 0.4) is 0 Å². The zero-order valence-corrected chi connectivity index (χ0v) is 30.0. The van der Waals surface area contributed by atoms with E-state index < -0.39 is 0 Å². The van der Waals surface area contributed by atoms with Crippen LogP contribution in [0.5, 0.6) is 0 Å². The van der Waals surface area contributed by atoms with Gasteiger partial charge in [0, 0.05) is 0 Å². The molecule has 0 heterocycles. The molecule has 0 heteroatoms. The van der Waals surface area contributed by atoms with Crippen molar-refractivity contribution in [1.82, 2.24) is 0 Å². The molecule has 0 radical (unpaired) electrons. The molecule has 0 aromatic heterocycles. The average molecular weight is 541 g/mol. The lowest BCUT2D eigenvalue weighted by molar-refractivity contribution is 0.492. The number of hydrogen-bond acceptors (Lipinski definition) is 0. The predicted octanol–water partition coefficient (Wildman–Crippen LogP) is 14.5. The van der Waals surface area contributed by atoms with Crippen LogP contribution in [0, 0.1) is 12.8 Å². The van der Waals surface area contributed by atoms with Gasteiger partial charge in [0.15, 0.2) is 0 Å². The fourth-order valence-electron chi connectivity index (χ4n) is 2.82. The van der Waals surface area contributed by atoms with Gasteiger partial charge < -0.3 is 0 Å². The van der Waals surface area contributed by atoms with Crippen molar-refractivity contribution in [3.8, 4) is 0 Å². The van der Waals surface area contributed by atoms with E-state index in [0.717, 1.165) is 12.3 Å². The fraction of sp³-hybridized carbons (Fsp3) is 0.590. The van der Waals surface area contributed by atoms with Gasteiger partial charge in [-0.2, -0.15) is 0 Å². The molecule has 1 aromatic rings. The van der Waals surface area contributed by atoms with Gasteiger partial charge in [-0.1, -0.05) is 146 Å². The molecule has 0 nitrogen and oxygen atoms in total.